The monoisotopic (exact) mass is 529 g/mol. The third kappa shape index (κ3) is 6.90. The van der Waals surface area contributed by atoms with Gasteiger partial charge in [-0.05, 0) is 55.5 Å². The molecule has 1 amide bonds. The zero-order valence-corrected chi connectivity index (χ0v) is 21.0. The molecule has 1 saturated heterocycles. The van der Waals surface area contributed by atoms with E-state index >= 15 is 0 Å². The molecule has 1 fully saturated rings. The van der Waals surface area contributed by atoms with Crippen LogP contribution in [0.1, 0.15) is 6.92 Å². The summed E-state index contributed by atoms with van der Waals surface area (Å²) in [6.45, 7) is 2.90. The van der Waals surface area contributed by atoms with E-state index in [9.17, 15) is 26.0 Å². The molecule has 13 heteroatoms. The van der Waals surface area contributed by atoms with Crippen LogP contribution in [0.3, 0.4) is 0 Å². The number of amides is 1. The van der Waals surface area contributed by atoms with Crippen molar-refractivity contribution in [2.75, 3.05) is 50.0 Å². The van der Waals surface area contributed by atoms with E-state index in [0.717, 1.165) is 22.7 Å². The van der Waals surface area contributed by atoms with E-state index in [1.54, 1.807) is 0 Å². The summed E-state index contributed by atoms with van der Waals surface area (Å²) in [5.41, 5.74) is 0.167. The van der Waals surface area contributed by atoms with Crippen LogP contribution in [0.4, 0.5) is 10.1 Å². The summed E-state index contributed by atoms with van der Waals surface area (Å²) in [5.74, 6) is -0.671. The number of carbonyl (C=O) groups is 1. The smallest absolute Gasteiger partial charge is 0.243 e. The van der Waals surface area contributed by atoms with Crippen molar-refractivity contribution in [3.8, 4) is 5.75 Å². The van der Waals surface area contributed by atoms with Gasteiger partial charge >= 0.3 is 0 Å². The van der Waals surface area contributed by atoms with Crippen molar-refractivity contribution in [2.45, 2.75) is 17.9 Å². The van der Waals surface area contributed by atoms with Crippen LogP contribution < -0.4 is 14.4 Å². The summed E-state index contributed by atoms with van der Waals surface area (Å²) in [4.78, 5) is 12.7. The minimum absolute atomic E-state index is 0.0729. The molecule has 0 saturated carbocycles. The van der Waals surface area contributed by atoms with Crippen molar-refractivity contribution < 1.29 is 35.5 Å². The quantitative estimate of drug-likeness (QED) is 0.459. The Bertz CT molecular complexity index is 1210. The van der Waals surface area contributed by atoms with E-state index < -0.39 is 37.8 Å². The molecule has 2 aromatic rings. The summed E-state index contributed by atoms with van der Waals surface area (Å²) in [6.07, 6.45) is 0.964. The molecule has 192 valence electrons. The Labute approximate surface area is 204 Å². The number of ether oxygens (including phenoxy) is 2. The number of hydrogen-bond donors (Lipinski definition) is 1. The molecular formula is C22H28FN3O7S2. The van der Waals surface area contributed by atoms with Gasteiger partial charge in [0.1, 0.15) is 24.2 Å². The first-order chi connectivity index (χ1) is 16.5. The summed E-state index contributed by atoms with van der Waals surface area (Å²) in [6, 6.07) is 9.67. The lowest BCUT2D eigenvalue weighted by Crippen LogP contribution is -2.48. The van der Waals surface area contributed by atoms with Crippen molar-refractivity contribution in [1.29, 1.82) is 0 Å². The summed E-state index contributed by atoms with van der Waals surface area (Å²) < 4.78 is 76.1. The number of nitrogens with zero attached hydrogens (tertiary/aromatic N) is 2. The Kier molecular flexibility index (Phi) is 8.70. The first-order valence-electron chi connectivity index (χ1n) is 10.8. The number of halogens is 1. The van der Waals surface area contributed by atoms with Gasteiger partial charge in [0.05, 0.1) is 36.6 Å². The van der Waals surface area contributed by atoms with Crippen molar-refractivity contribution in [2.24, 2.45) is 0 Å². The molecular weight excluding hydrogens is 501 g/mol. The van der Waals surface area contributed by atoms with Gasteiger partial charge in [-0.3, -0.25) is 9.10 Å². The van der Waals surface area contributed by atoms with Gasteiger partial charge in [-0.1, -0.05) is 0 Å². The lowest BCUT2D eigenvalue weighted by Gasteiger charge is -2.28. The Morgan fingerprint density at radius 2 is 1.69 bits per heavy atom. The number of morpholine rings is 1. The van der Waals surface area contributed by atoms with E-state index in [1.807, 2.05) is 0 Å². The lowest BCUT2D eigenvalue weighted by atomic mass is 10.2. The predicted octanol–water partition coefficient (Wildman–Crippen LogP) is 1.20. The maximum atomic E-state index is 13.2. The zero-order chi connectivity index (χ0) is 25.6. The molecule has 1 N–H and O–H groups in total. The Morgan fingerprint density at radius 1 is 1.09 bits per heavy atom. The van der Waals surface area contributed by atoms with Crippen molar-refractivity contribution >= 4 is 31.6 Å². The second-order valence-corrected chi connectivity index (χ2v) is 11.6. The van der Waals surface area contributed by atoms with Crippen LogP contribution in [-0.2, 0) is 29.6 Å². The highest BCUT2D eigenvalue weighted by molar-refractivity contribution is 7.92. The number of sulfonamides is 2. The summed E-state index contributed by atoms with van der Waals surface area (Å²) in [5, 5.41) is 2.61. The summed E-state index contributed by atoms with van der Waals surface area (Å²) in [7, 11) is -7.42. The van der Waals surface area contributed by atoms with E-state index in [4.69, 9.17) is 9.47 Å². The average Bonchev–Trinajstić information content (AvgIpc) is 2.83. The number of anilines is 1. The third-order valence-electron chi connectivity index (χ3n) is 5.27. The fourth-order valence-corrected chi connectivity index (χ4v) is 6.11. The van der Waals surface area contributed by atoms with Crippen LogP contribution >= 0.6 is 0 Å². The van der Waals surface area contributed by atoms with E-state index in [2.05, 4.69) is 5.32 Å². The van der Waals surface area contributed by atoms with Gasteiger partial charge < -0.3 is 14.8 Å². The molecule has 1 aliphatic rings. The number of carbonyl (C=O) groups excluding carboxylic acids is 1. The number of benzene rings is 2. The Balaban J connectivity index is 1.53. The van der Waals surface area contributed by atoms with E-state index in [1.165, 1.54) is 47.6 Å². The minimum Gasteiger partial charge on any atom is -0.492 e. The normalized spacial score (nSPS) is 15.9. The molecule has 1 atom stereocenters. The average molecular weight is 530 g/mol. The molecule has 0 unspecified atom stereocenters. The molecule has 1 heterocycles. The van der Waals surface area contributed by atoms with Gasteiger partial charge in [0.2, 0.25) is 26.0 Å². The molecule has 0 radical (unpaired) electrons. The Morgan fingerprint density at radius 3 is 2.26 bits per heavy atom. The topological polar surface area (TPSA) is 122 Å². The van der Waals surface area contributed by atoms with Crippen molar-refractivity contribution in [1.82, 2.24) is 9.62 Å². The van der Waals surface area contributed by atoms with Gasteiger partial charge in [-0.25, -0.2) is 21.2 Å². The maximum Gasteiger partial charge on any atom is 0.243 e. The molecule has 10 nitrogen and oxygen atoms in total. The van der Waals surface area contributed by atoms with Crippen LogP contribution in [0.5, 0.6) is 5.75 Å². The molecule has 3 rings (SSSR count). The van der Waals surface area contributed by atoms with Crippen LogP contribution in [0.2, 0.25) is 0 Å². The molecule has 1 aliphatic heterocycles. The SMILES string of the molecule is C[C@H](C(=O)NCCOc1ccc(S(=O)(=O)N2CCOCC2)cc1)N(c1ccc(F)cc1)S(C)(=O)=O. The highest BCUT2D eigenvalue weighted by Gasteiger charge is 2.29. The van der Waals surface area contributed by atoms with Crippen LogP contribution in [-0.4, -0.2) is 78.8 Å². The lowest BCUT2D eigenvalue weighted by molar-refractivity contribution is -0.121. The maximum absolute atomic E-state index is 13.2. The number of nitrogens with one attached hydrogen (secondary N) is 1. The van der Waals surface area contributed by atoms with Crippen molar-refractivity contribution in [3.63, 3.8) is 0 Å². The second-order valence-electron chi connectivity index (χ2n) is 7.84. The molecule has 0 bridgehead atoms. The number of hydrogen-bond acceptors (Lipinski definition) is 7. The zero-order valence-electron chi connectivity index (χ0n) is 19.4. The first kappa shape index (κ1) is 26.9. The molecule has 0 aromatic heterocycles. The molecule has 0 aliphatic carbocycles. The number of rotatable bonds is 10. The van der Waals surface area contributed by atoms with Crippen LogP contribution in [0, 0.1) is 5.82 Å². The molecule has 0 spiro atoms. The fourth-order valence-electron chi connectivity index (χ4n) is 3.53. The second kappa shape index (κ2) is 11.3. The standard InChI is InChI=1S/C22H28FN3O7S2/c1-17(26(34(2,28)29)19-5-3-18(23)4-6-19)22(27)24-11-14-33-20-7-9-21(10-8-20)35(30,31)25-12-15-32-16-13-25/h3-10,17H,11-16H2,1-2H3,(H,24,27)/t17-/m1/s1. The van der Waals surface area contributed by atoms with Gasteiger partial charge in [0, 0.05) is 13.1 Å². The first-order valence-corrected chi connectivity index (χ1v) is 14.1. The van der Waals surface area contributed by atoms with E-state index in [-0.39, 0.29) is 23.7 Å². The van der Waals surface area contributed by atoms with Gasteiger partial charge in [-0.15, -0.1) is 0 Å². The largest absolute Gasteiger partial charge is 0.492 e. The predicted molar refractivity (Wildman–Crippen MR) is 128 cm³/mol. The van der Waals surface area contributed by atoms with Crippen LogP contribution in [0.25, 0.3) is 0 Å². The Hall–Kier alpha value is -2.74. The van der Waals surface area contributed by atoms with Gasteiger partial charge in [0.25, 0.3) is 0 Å². The minimum atomic E-state index is -3.81. The summed E-state index contributed by atoms with van der Waals surface area (Å²) >= 11 is 0. The molecule has 35 heavy (non-hydrogen) atoms. The van der Waals surface area contributed by atoms with Gasteiger partial charge in [0.15, 0.2) is 0 Å². The van der Waals surface area contributed by atoms with Gasteiger partial charge in [-0.2, -0.15) is 4.31 Å². The highest BCUT2D eigenvalue weighted by atomic mass is 32.2. The fraction of sp³-hybridized carbons (Fsp3) is 0.409. The third-order valence-corrected chi connectivity index (χ3v) is 8.43. The van der Waals surface area contributed by atoms with E-state index in [0.29, 0.717) is 32.1 Å². The van der Waals surface area contributed by atoms with Crippen molar-refractivity contribution in [3.05, 3.63) is 54.3 Å². The van der Waals surface area contributed by atoms with Crippen LogP contribution in [0.15, 0.2) is 53.4 Å². The highest BCUT2D eigenvalue weighted by Crippen LogP contribution is 2.22. The molecule has 2 aromatic carbocycles.